The predicted molar refractivity (Wildman–Crippen MR) is 228 cm³/mol. The van der Waals surface area contributed by atoms with E-state index in [9.17, 15) is 0 Å². The van der Waals surface area contributed by atoms with Crippen molar-refractivity contribution < 1.29 is 0 Å². The summed E-state index contributed by atoms with van der Waals surface area (Å²) in [7, 11) is 0. The van der Waals surface area contributed by atoms with Gasteiger partial charge in [-0.15, -0.1) is 0 Å². The molecule has 0 spiro atoms. The molecule has 55 heavy (non-hydrogen) atoms. The highest BCUT2D eigenvalue weighted by Crippen LogP contribution is 2.39. The Kier molecular flexibility index (Phi) is 7.14. The summed E-state index contributed by atoms with van der Waals surface area (Å²) in [5, 5.41) is 9.72. The normalized spacial score (nSPS) is 11.6. The van der Waals surface area contributed by atoms with Crippen LogP contribution in [0.25, 0.3) is 105 Å². The maximum absolute atomic E-state index is 5.32. The highest BCUT2D eigenvalue weighted by molar-refractivity contribution is 6.25. The zero-order valence-corrected chi connectivity index (χ0v) is 29.8. The molecule has 0 atom stereocenters. The first-order chi connectivity index (χ1) is 27.3. The van der Waals surface area contributed by atoms with Gasteiger partial charge in [-0.3, -0.25) is 0 Å². The zero-order chi connectivity index (χ0) is 36.3. The second kappa shape index (κ2) is 12.6. The predicted octanol–water partition coefficient (Wildman–Crippen LogP) is 13.1. The second-order valence-electron chi connectivity index (χ2n) is 14.0. The average Bonchev–Trinajstić information content (AvgIpc) is 3.61. The lowest BCUT2D eigenvalue weighted by molar-refractivity contribution is 1.06. The summed E-state index contributed by atoms with van der Waals surface area (Å²) in [5.41, 5.74) is 8.32. The molecule has 0 saturated carbocycles. The van der Waals surface area contributed by atoms with Gasteiger partial charge in [0, 0.05) is 27.5 Å². The summed E-state index contributed by atoms with van der Waals surface area (Å²) in [6, 6.07) is 68.6. The molecular formula is C51H32N4. The van der Waals surface area contributed by atoms with Gasteiger partial charge in [-0.1, -0.05) is 158 Å². The average molecular weight is 701 g/mol. The molecule has 4 heteroatoms. The summed E-state index contributed by atoms with van der Waals surface area (Å²) in [6.07, 6.45) is 0. The molecule has 0 N–H and O–H groups in total. The molecule has 9 aromatic carbocycles. The highest BCUT2D eigenvalue weighted by Gasteiger charge is 2.20. The molecular weight excluding hydrogens is 669 g/mol. The van der Waals surface area contributed by atoms with E-state index in [1.165, 1.54) is 43.1 Å². The van der Waals surface area contributed by atoms with Gasteiger partial charge in [0.15, 0.2) is 17.5 Å². The lowest BCUT2D eigenvalue weighted by atomic mass is 9.93. The topological polar surface area (TPSA) is 43.6 Å². The van der Waals surface area contributed by atoms with Crippen molar-refractivity contribution in [3.8, 4) is 51.0 Å². The van der Waals surface area contributed by atoms with Crippen LogP contribution in [0.1, 0.15) is 0 Å². The largest absolute Gasteiger partial charge is 0.309 e. The number of hydrogen-bond donors (Lipinski definition) is 0. The number of benzene rings is 9. The van der Waals surface area contributed by atoms with Gasteiger partial charge in [-0.2, -0.15) is 0 Å². The summed E-state index contributed by atoms with van der Waals surface area (Å²) in [4.78, 5) is 15.9. The van der Waals surface area contributed by atoms with Crippen molar-refractivity contribution in [1.82, 2.24) is 19.5 Å². The molecule has 0 aliphatic rings. The van der Waals surface area contributed by atoms with Gasteiger partial charge in [0.2, 0.25) is 0 Å². The number of para-hydroxylation sites is 3. The van der Waals surface area contributed by atoms with Crippen molar-refractivity contribution in [2.24, 2.45) is 0 Å². The van der Waals surface area contributed by atoms with Crippen LogP contribution in [0.4, 0.5) is 0 Å². The van der Waals surface area contributed by atoms with Crippen LogP contribution in [0.15, 0.2) is 194 Å². The van der Waals surface area contributed by atoms with Gasteiger partial charge < -0.3 is 4.57 Å². The number of rotatable bonds is 5. The lowest BCUT2D eigenvalue weighted by Crippen LogP contribution is -2.03. The molecule has 11 aromatic rings. The molecule has 0 aliphatic carbocycles. The van der Waals surface area contributed by atoms with Gasteiger partial charge in [0.05, 0.1) is 16.7 Å². The second-order valence-corrected chi connectivity index (χ2v) is 14.0. The van der Waals surface area contributed by atoms with Crippen molar-refractivity contribution in [1.29, 1.82) is 0 Å². The fraction of sp³-hybridized carbons (Fsp3) is 0. The third-order valence-corrected chi connectivity index (χ3v) is 10.8. The van der Waals surface area contributed by atoms with Crippen LogP contribution < -0.4 is 0 Å². The Morgan fingerprint density at radius 3 is 1.38 bits per heavy atom. The van der Waals surface area contributed by atoms with Crippen LogP contribution in [-0.4, -0.2) is 19.5 Å². The minimum atomic E-state index is 0.617. The number of aromatic nitrogens is 4. The minimum absolute atomic E-state index is 0.617. The van der Waals surface area contributed by atoms with E-state index in [2.05, 4.69) is 193 Å². The molecule has 4 nitrogen and oxygen atoms in total. The Morgan fingerprint density at radius 2 is 0.727 bits per heavy atom. The fourth-order valence-corrected chi connectivity index (χ4v) is 8.31. The Bertz CT molecular complexity index is 3180. The van der Waals surface area contributed by atoms with Crippen molar-refractivity contribution in [2.75, 3.05) is 0 Å². The summed E-state index contributed by atoms with van der Waals surface area (Å²) >= 11 is 0. The molecule has 0 bridgehead atoms. The van der Waals surface area contributed by atoms with Crippen molar-refractivity contribution in [3.63, 3.8) is 0 Å². The lowest BCUT2D eigenvalue weighted by Gasteiger charge is -2.15. The van der Waals surface area contributed by atoms with Crippen LogP contribution in [-0.2, 0) is 0 Å². The van der Waals surface area contributed by atoms with Crippen molar-refractivity contribution >= 4 is 54.1 Å². The van der Waals surface area contributed by atoms with E-state index in [1.54, 1.807) is 0 Å². The van der Waals surface area contributed by atoms with Crippen LogP contribution in [0.2, 0.25) is 0 Å². The number of hydrogen-bond acceptors (Lipinski definition) is 3. The minimum Gasteiger partial charge on any atom is -0.309 e. The first-order valence-electron chi connectivity index (χ1n) is 18.6. The van der Waals surface area contributed by atoms with Gasteiger partial charge in [0.1, 0.15) is 0 Å². The van der Waals surface area contributed by atoms with Crippen LogP contribution in [0, 0.1) is 0 Å². The van der Waals surface area contributed by atoms with Crippen LogP contribution >= 0.6 is 0 Å². The molecule has 0 fully saturated rings. The third-order valence-electron chi connectivity index (χ3n) is 10.8. The summed E-state index contributed by atoms with van der Waals surface area (Å²) in [5.74, 6) is 1.87. The van der Waals surface area contributed by atoms with E-state index in [1.807, 2.05) is 6.07 Å². The van der Waals surface area contributed by atoms with E-state index in [-0.39, 0.29) is 0 Å². The number of nitrogens with zero attached hydrogens (tertiary/aromatic N) is 4. The van der Waals surface area contributed by atoms with Crippen LogP contribution in [0.5, 0.6) is 0 Å². The first-order valence-corrected chi connectivity index (χ1v) is 18.6. The molecule has 2 heterocycles. The van der Waals surface area contributed by atoms with Crippen LogP contribution in [0.3, 0.4) is 0 Å². The molecule has 256 valence electrons. The maximum Gasteiger partial charge on any atom is 0.166 e. The molecule has 0 unspecified atom stereocenters. The van der Waals surface area contributed by atoms with Gasteiger partial charge in [-0.05, 0) is 79.8 Å². The van der Waals surface area contributed by atoms with E-state index in [0.717, 1.165) is 44.5 Å². The zero-order valence-electron chi connectivity index (χ0n) is 29.8. The molecule has 0 amide bonds. The standard InChI is InChI=1S/C51H32N4/c1-2-15-33(16-3-1)34-17-14-18-35(31-34)49-52-50(36-29-30-41-39-21-5-4-19-37(39)38-20-6-7-22-40(38)45(41)32-36)54-51(53-49)44-25-10-13-28-48(44)55-46-26-11-8-23-42(46)43-24-9-12-27-47(43)55/h1-32H. The highest BCUT2D eigenvalue weighted by atomic mass is 15.1. The molecule has 0 saturated heterocycles. The van der Waals surface area contributed by atoms with Gasteiger partial charge in [-0.25, -0.2) is 15.0 Å². The molecule has 2 aromatic heterocycles. The Morgan fingerprint density at radius 1 is 0.273 bits per heavy atom. The fourth-order valence-electron chi connectivity index (χ4n) is 8.31. The Balaban J connectivity index is 1.17. The van der Waals surface area contributed by atoms with Gasteiger partial charge in [0.25, 0.3) is 0 Å². The SMILES string of the molecule is c1ccc(-c2cccc(-c3nc(-c4ccc5c6ccccc6c6ccccc6c5c4)nc(-c4ccccc4-n4c5ccccc5c5ccccc54)n3)c2)cc1. The van der Waals surface area contributed by atoms with E-state index in [4.69, 9.17) is 15.0 Å². The first kappa shape index (κ1) is 31.1. The molecule has 0 radical (unpaired) electrons. The van der Waals surface area contributed by atoms with Gasteiger partial charge >= 0.3 is 0 Å². The van der Waals surface area contributed by atoms with E-state index < -0.39 is 0 Å². The van der Waals surface area contributed by atoms with E-state index >= 15 is 0 Å². The maximum atomic E-state index is 5.32. The van der Waals surface area contributed by atoms with E-state index in [0.29, 0.717) is 17.5 Å². The summed E-state index contributed by atoms with van der Waals surface area (Å²) < 4.78 is 2.34. The number of fused-ring (bicyclic) bond motifs is 9. The Labute approximate surface area is 317 Å². The Hall–Kier alpha value is -7.43. The third kappa shape index (κ3) is 5.11. The smallest absolute Gasteiger partial charge is 0.166 e. The van der Waals surface area contributed by atoms with Crippen molar-refractivity contribution in [3.05, 3.63) is 194 Å². The molecule has 11 rings (SSSR count). The van der Waals surface area contributed by atoms with Crippen molar-refractivity contribution in [2.45, 2.75) is 0 Å². The monoisotopic (exact) mass is 700 g/mol. The summed E-state index contributed by atoms with van der Waals surface area (Å²) in [6.45, 7) is 0. The molecule has 0 aliphatic heterocycles. The quantitative estimate of drug-likeness (QED) is 0.168.